The quantitative estimate of drug-likeness (QED) is 0.256. The lowest BCUT2D eigenvalue weighted by Crippen LogP contribution is -2.25. The molecule has 0 saturated heterocycles. The van der Waals surface area contributed by atoms with E-state index in [1.54, 1.807) is 0 Å². The van der Waals surface area contributed by atoms with E-state index in [0.29, 0.717) is 0 Å². The molecule has 0 aromatic heterocycles. The maximum Gasteiger partial charge on any atom is 0.0999 e. The smallest absolute Gasteiger partial charge is 0.0622 e. The van der Waals surface area contributed by atoms with Gasteiger partial charge in [0, 0.05) is 0 Å². The first-order valence-electron chi connectivity index (χ1n) is 10.8. The van der Waals surface area contributed by atoms with Crippen molar-refractivity contribution in [1.29, 1.82) is 0 Å². The van der Waals surface area contributed by atoms with E-state index in [-0.39, 0.29) is 0 Å². The van der Waals surface area contributed by atoms with Crippen LogP contribution in [0.15, 0.2) is 133 Å². The van der Waals surface area contributed by atoms with Crippen LogP contribution in [0.2, 0.25) is 0 Å². The van der Waals surface area contributed by atoms with Gasteiger partial charge in [-0.05, 0) is 52.2 Å². The van der Waals surface area contributed by atoms with Crippen LogP contribution in [0.1, 0.15) is 11.1 Å². The van der Waals surface area contributed by atoms with Crippen LogP contribution >= 0.6 is 7.26 Å². The van der Waals surface area contributed by atoms with Crippen LogP contribution in [0, 0.1) is 0 Å². The van der Waals surface area contributed by atoms with E-state index in [9.17, 15) is 0 Å². The molecule has 0 bridgehead atoms. The van der Waals surface area contributed by atoms with Crippen molar-refractivity contribution >= 4 is 28.6 Å². The minimum absolute atomic E-state index is 1.06. The summed E-state index contributed by atoms with van der Waals surface area (Å²) in [4.78, 5) is 0. The predicted molar refractivity (Wildman–Crippen MR) is 137 cm³/mol. The van der Waals surface area contributed by atoms with Crippen LogP contribution < -0.4 is 10.6 Å². The van der Waals surface area contributed by atoms with E-state index in [0.717, 1.165) is 12.3 Å². The third-order valence-electron chi connectivity index (χ3n) is 6.06. The van der Waals surface area contributed by atoms with E-state index in [2.05, 4.69) is 133 Å². The first-order chi connectivity index (χ1) is 15.3. The topological polar surface area (TPSA) is 0 Å². The van der Waals surface area contributed by atoms with Crippen LogP contribution in [-0.2, 0) is 12.3 Å². The van der Waals surface area contributed by atoms with Gasteiger partial charge < -0.3 is 0 Å². The van der Waals surface area contributed by atoms with E-state index >= 15 is 0 Å². The van der Waals surface area contributed by atoms with Gasteiger partial charge in [0.2, 0.25) is 0 Å². The third kappa shape index (κ3) is 4.18. The number of fused-ring (bicyclic) bond motifs is 1. The summed E-state index contributed by atoms with van der Waals surface area (Å²) in [5, 5.41) is 5.56. The van der Waals surface area contributed by atoms with Crippen molar-refractivity contribution in [3.63, 3.8) is 0 Å². The van der Waals surface area contributed by atoms with Crippen molar-refractivity contribution in [2.75, 3.05) is 0 Å². The minimum Gasteiger partial charge on any atom is -0.0622 e. The normalized spacial score (nSPS) is 11.5. The Morgan fingerprint density at radius 3 is 1.48 bits per heavy atom. The highest BCUT2D eigenvalue weighted by Crippen LogP contribution is 2.61. The molecule has 5 aromatic carbocycles. The molecule has 0 saturated carbocycles. The van der Waals surface area contributed by atoms with Crippen LogP contribution in [0.5, 0.6) is 0 Å². The van der Waals surface area contributed by atoms with Gasteiger partial charge in [0.15, 0.2) is 0 Å². The SMILES string of the molecule is c1ccc(C[P+](Cc2ccc3ccccc3c2)(c2ccccc2)c2ccccc2)cc1. The molecule has 0 amide bonds. The molecule has 0 N–H and O–H groups in total. The standard InChI is InChI=1S/C30H26P/c1-4-12-25(13-5-1)23-31(29-16-6-2-7-17-29,30-18-8-3-9-19-30)24-26-20-21-27-14-10-11-15-28(27)22-26/h1-22H,23-24H2/q+1. The molecule has 150 valence electrons. The van der Waals surface area contributed by atoms with Gasteiger partial charge in [0.05, 0.1) is 30.2 Å². The monoisotopic (exact) mass is 417 g/mol. The number of hydrogen-bond donors (Lipinski definition) is 0. The summed E-state index contributed by atoms with van der Waals surface area (Å²) >= 11 is 0. The molecule has 0 nitrogen and oxygen atoms in total. The predicted octanol–water partition coefficient (Wildman–Crippen LogP) is 7.21. The maximum absolute atomic E-state index is 2.39. The second-order valence-corrected chi connectivity index (χ2v) is 11.7. The van der Waals surface area contributed by atoms with E-state index < -0.39 is 7.26 Å². The van der Waals surface area contributed by atoms with Crippen LogP contribution in [0.4, 0.5) is 0 Å². The Bertz CT molecular complexity index is 1220. The fourth-order valence-corrected chi connectivity index (χ4v) is 8.82. The van der Waals surface area contributed by atoms with Gasteiger partial charge in [-0.25, -0.2) is 0 Å². The van der Waals surface area contributed by atoms with Gasteiger partial charge in [-0.1, -0.05) is 103 Å². The molecular weight excluding hydrogens is 391 g/mol. The van der Waals surface area contributed by atoms with Gasteiger partial charge in [0.25, 0.3) is 0 Å². The summed E-state index contributed by atoms with van der Waals surface area (Å²) in [6.45, 7) is 0. The van der Waals surface area contributed by atoms with Crippen molar-refractivity contribution in [2.45, 2.75) is 12.3 Å². The molecular formula is C30H26P+. The molecule has 0 radical (unpaired) electrons. The first-order valence-corrected chi connectivity index (χ1v) is 13.0. The highest BCUT2D eigenvalue weighted by molar-refractivity contribution is 7.88. The molecule has 5 rings (SSSR count). The second kappa shape index (κ2) is 8.88. The highest BCUT2D eigenvalue weighted by Gasteiger charge is 2.43. The molecule has 0 atom stereocenters. The van der Waals surface area contributed by atoms with Gasteiger partial charge in [0.1, 0.15) is 0 Å². The minimum atomic E-state index is -1.72. The van der Waals surface area contributed by atoms with Crippen LogP contribution in [-0.4, -0.2) is 0 Å². The van der Waals surface area contributed by atoms with Crippen molar-refractivity contribution in [3.8, 4) is 0 Å². The summed E-state index contributed by atoms with van der Waals surface area (Å²) in [5.41, 5.74) is 2.82. The van der Waals surface area contributed by atoms with Crippen LogP contribution in [0.25, 0.3) is 10.8 Å². The Morgan fingerprint density at radius 1 is 0.387 bits per heavy atom. The molecule has 5 aromatic rings. The van der Waals surface area contributed by atoms with Crippen molar-refractivity contribution in [1.82, 2.24) is 0 Å². The second-order valence-electron chi connectivity index (χ2n) is 8.12. The third-order valence-corrected chi connectivity index (χ3v) is 10.4. The Labute approximate surface area is 185 Å². The largest absolute Gasteiger partial charge is 0.0999 e. The average molecular weight is 418 g/mol. The zero-order valence-corrected chi connectivity index (χ0v) is 18.5. The Hall–Kier alpha value is -3.21. The molecule has 1 heteroatoms. The summed E-state index contributed by atoms with van der Waals surface area (Å²) in [6.07, 6.45) is 2.12. The number of hydrogen-bond acceptors (Lipinski definition) is 0. The van der Waals surface area contributed by atoms with Crippen molar-refractivity contribution in [2.24, 2.45) is 0 Å². The van der Waals surface area contributed by atoms with E-state index in [1.165, 1.54) is 32.5 Å². The fraction of sp³-hybridized carbons (Fsp3) is 0.0667. The summed E-state index contributed by atoms with van der Waals surface area (Å²) in [6, 6.07) is 49.0. The Balaban J connectivity index is 1.69. The number of benzene rings is 5. The van der Waals surface area contributed by atoms with Crippen LogP contribution in [0.3, 0.4) is 0 Å². The van der Waals surface area contributed by atoms with Gasteiger partial charge >= 0.3 is 0 Å². The summed E-state index contributed by atoms with van der Waals surface area (Å²) in [7, 11) is -1.72. The van der Waals surface area contributed by atoms with Gasteiger partial charge in [-0.3, -0.25) is 0 Å². The van der Waals surface area contributed by atoms with E-state index in [4.69, 9.17) is 0 Å². The lowest BCUT2D eigenvalue weighted by molar-refractivity contribution is 1.31. The lowest BCUT2D eigenvalue weighted by atomic mass is 10.1. The zero-order chi connectivity index (χ0) is 20.9. The molecule has 0 unspecified atom stereocenters. The van der Waals surface area contributed by atoms with E-state index in [1.807, 2.05) is 0 Å². The maximum atomic E-state index is 2.39. The summed E-state index contributed by atoms with van der Waals surface area (Å²) < 4.78 is 0. The highest BCUT2D eigenvalue weighted by atomic mass is 31.2. The average Bonchev–Trinajstić information content (AvgIpc) is 2.85. The molecule has 0 aliphatic rings. The Morgan fingerprint density at radius 2 is 0.871 bits per heavy atom. The number of rotatable bonds is 6. The Kier molecular flexibility index (Phi) is 5.65. The molecule has 0 aliphatic carbocycles. The summed E-state index contributed by atoms with van der Waals surface area (Å²) in [5.74, 6) is 0. The zero-order valence-electron chi connectivity index (χ0n) is 17.6. The van der Waals surface area contributed by atoms with Crippen molar-refractivity contribution < 1.29 is 0 Å². The molecule has 0 fully saturated rings. The van der Waals surface area contributed by atoms with Gasteiger partial charge in [-0.15, -0.1) is 0 Å². The molecule has 0 aliphatic heterocycles. The molecule has 0 heterocycles. The van der Waals surface area contributed by atoms with Crippen molar-refractivity contribution in [3.05, 3.63) is 145 Å². The molecule has 31 heavy (non-hydrogen) atoms. The first kappa shape index (κ1) is 19.7. The fourth-order valence-electron chi connectivity index (χ4n) is 4.54. The lowest BCUT2D eigenvalue weighted by Gasteiger charge is -2.28. The van der Waals surface area contributed by atoms with Gasteiger partial charge in [-0.2, -0.15) is 0 Å². The molecule has 0 spiro atoms.